The number of piperazine rings is 1. The summed E-state index contributed by atoms with van der Waals surface area (Å²) < 4.78 is 0. The van der Waals surface area contributed by atoms with Crippen LogP contribution in [0.25, 0.3) is 0 Å². The molecule has 2 rings (SSSR count). The molecule has 0 unspecified atom stereocenters. The first kappa shape index (κ1) is 13.4. The van der Waals surface area contributed by atoms with Gasteiger partial charge in [-0.15, -0.1) is 6.58 Å². The van der Waals surface area contributed by atoms with Crippen LogP contribution in [-0.4, -0.2) is 36.2 Å². The lowest BCUT2D eigenvalue weighted by molar-refractivity contribution is 0.201. The predicted octanol–water partition coefficient (Wildman–Crippen LogP) is 2.49. The Morgan fingerprint density at radius 1 is 1.44 bits per heavy atom. The van der Waals surface area contributed by atoms with Gasteiger partial charge in [0.25, 0.3) is 0 Å². The highest BCUT2D eigenvalue weighted by Gasteiger charge is 2.22. The van der Waals surface area contributed by atoms with Crippen LogP contribution < -0.4 is 5.32 Å². The third-order valence-corrected chi connectivity index (χ3v) is 3.60. The molecular formula is C14H19ClN2O. The van der Waals surface area contributed by atoms with E-state index in [1.165, 1.54) is 0 Å². The van der Waals surface area contributed by atoms with Crippen molar-refractivity contribution in [2.24, 2.45) is 0 Å². The zero-order chi connectivity index (χ0) is 13.1. The molecule has 0 amide bonds. The Morgan fingerprint density at radius 3 is 2.72 bits per heavy atom. The van der Waals surface area contributed by atoms with Crippen LogP contribution in [0.2, 0.25) is 5.02 Å². The van der Waals surface area contributed by atoms with E-state index in [0.29, 0.717) is 10.8 Å². The quantitative estimate of drug-likeness (QED) is 0.825. The van der Waals surface area contributed by atoms with Crippen molar-refractivity contribution in [3.63, 3.8) is 0 Å². The van der Waals surface area contributed by atoms with Crippen molar-refractivity contribution in [3.05, 3.63) is 40.9 Å². The SMILES string of the molecule is C=C[C@@H](c1cc(Cl)cc(C)c1O)N1CCNCC1. The molecular weight excluding hydrogens is 248 g/mol. The summed E-state index contributed by atoms with van der Waals surface area (Å²) in [4.78, 5) is 2.30. The van der Waals surface area contributed by atoms with Gasteiger partial charge in [-0.2, -0.15) is 0 Å². The second kappa shape index (κ2) is 5.74. The monoisotopic (exact) mass is 266 g/mol. The van der Waals surface area contributed by atoms with E-state index in [-0.39, 0.29) is 6.04 Å². The molecule has 0 aliphatic carbocycles. The van der Waals surface area contributed by atoms with Crippen LogP contribution in [0, 0.1) is 6.92 Å². The van der Waals surface area contributed by atoms with E-state index in [0.717, 1.165) is 37.3 Å². The highest BCUT2D eigenvalue weighted by Crippen LogP contribution is 2.34. The van der Waals surface area contributed by atoms with Crippen LogP contribution in [0.5, 0.6) is 5.75 Å². The Kier molecular flexibility index (Phi) is 4.27. The fourth-order valence-corrected chi connectivity index (χ4v) is 2.70. The number of phenols is 1. The van der Waals surface area contributed by atoms with Crippen molar-refractivity contribution >= 4 is 11.6 Å². The third kappa shape index (κ3) is 2.69. The number of hydrogen-bond donors (Lipinski definition) is 2. The van der Waals surface area contributed by atoms with Crippen molar-refractivity contribution < 1.29 is 5.11 Å². The summed E-state index contributed by atoms with van der Waals surface area (Å²) in [7, 11) is 0. The normalized spacial score (nSPS) is 18.6. The van der Waals surface area contributed by atoms with Gasteiger partial charge >= 0.3 is 0 Å². The van der Waals surface area contributed by atoms with E-state index >= 15 is 0 Å². The lowest BCUT2D eigenvalue weighted by Crippen LogP contribution is -2.44. The molecule has 1 atom stereocenters. The molecule has 0 saturated carbocycles. The van der Waals surface area contributed by atoms with Gasteiger partial charge < -0.3 is 10.4 Å². The highest BCUT2D eigenvalue weighted by molar-refractivity contribution is 6.30. The van der Waals surface area contributed by atoms with E-state index in [1.54, 1.807) is 6.07 Å². The molecule has 0 aromatic heterocycles. The predicted molar refractivity (Wildman–Crippen MR) is 75.2 cm³/mol. The Labute approximate surface area is 113 Å². The Bertz CT molecular complexity index is 442. The molecule has 1 aromatic rings. The number of aromatic hydroxyl groups is 1. The minimum atomic E-state index is 0.0181. The van der Waals surface area contributed by atoms with Gasteiger partial charge in [-0.3, -0.25) is 4.90 Å². The van der Waals surface area contributed by atoms with Gasteiger partial charge in [-0.1, -0.05) is 17.7 Å². The minimum absolute atomic E-state index is 0.0181. The number of nitrogens with zero attached hydrogens (tertiary/aromatic N) is 1. The number of phenolic OH excluding ortho intramolecular Hbond substituents is 1. The molecule has 2 N–H and O–H groups in total. The summed E-state index contributed by atoms with van der Waals surface area (Å²) >= 11 is 6.09. The maximum Gasteiger partial charge on any atom is 0.123 e. The number of hydrogen-bond acceptors (Lipinski definition) is 3. The van der Waals surface area contributed by atoms with Crippen LogP contribution >= 0.6 is 11.6 Å². The van der Waals surface area contributed by atoms with Crippen LogP contribution in [0.3, 0.4) is 0 Å². The average molecular weight is 267 g/mol. The summed E-state index contributed by atoms with van der Waals surface area (Å²) in [5.41, 5.74) is 1.65. The van der Waals surface area contributed by atoms with Gasteiger partial charge in [0.05, 0.1) is 6.04 Å². The molecule has 3 nitrogen and oxygen atoms in total. The Hall–Kier alpha value is -1.03. The number of aryl methyl sites for hydroxylation is 1. The molecule has 1 fully saturated rings. The summed E-state index contributed by atoms with van der Waals surface area (Å²) in [5.74, 6) is 0.322. The van der Waals surface area contributed by atoms with E-state index in [9.17, 15) is 5.11 Å². The van der Waals surface area contributed by atoms with Crippen molar-refractivity contribution in [3.8, 4) is 5.75 Å². The van der Waals surface area contributed by atoms with E-state index in [1.807, 2.05) is 19.1 Å². The molecule has 1 heterocycles. The topological polar surface area (TPSA) is 35.5 Å². The minimum Gasteiger partial charge on any atom is -0.507 e. The van der Waals surface area contributed by atoms with Gasteiger partial charge in [0.1, 0.15) is 5.75 Å². The van der Waals surface area contributed by atoms with Crippen LogP contribution in [0.4, 0.5) is 0 Å². The largest absolute Gasteiger partial charge is 0.507 e. The van der Waals surface area contributed by atoms with Gasteiger partial charge in [-0.05, 0) is 24.6 Å². The molecule has 0 spiro atoms. The summed E-state index contributed by atoms with van der Waals surface area (Å²) in [5, 5.41) is 14.2. The molecule has 0 radical (unpaired) electrons. The highest BCUT2D eigenvalue weighted by atomic mass is 35.5. The fraction of sp³-hybridized carbons (Fsp3) is 0.429. The van der Waals surface area contributed by atoms with Crippen molar-refractivity contribution in [2.45, 2.75) is 13.0 Å². The third-order valence-electron chi connectivity index (χ3n) is 3.38. The number of benzene rings is 1. The second-order valence-corrected chi connectivity index (χ2v) is 5.06. The standard InChI is InChI=1S/C14H19ClN2O/c1-3-13(17-6-4-16-5-7-17)12-9-11(15)8-10(2)14(12)18/h3,8-9,13,16,18H,1,4-7H2,2H3/t13-/m0/s1. The summed E-state index contributed by atoms with van der Waals surface area (Å²) in [6.07, 6.45) is 1.87. The summed E-state index contributed by atoms with van der Waals surface area (Å²) in [6.45, 7) is 9.58. The second-order valence-electron chi connectivity index (χ2n) is 4.63. The number of halogens is 1. The zero-order valence-electron chi connectivity index (χ0n) is 10.6. The van der Waals surface area contributed by atoms with Gasteiger partial charge in [0, 0.05) is 36.8 Å². The van der Waals surface area contributed by atoms with Gasteiger partial charge in [-0.25, -0.2) is 0 Å². The molecule has 98 valence electrons. The molecule has 0 bridgehead atoms. The lowest BCUT2D eigenvalue weighted by atomic mass is 10.0. The van der Waals surface area contributed by atoms with Gasteiger partial charge in [0.2, 0.25) is 0 Å². The number of nitrogens with one attached hydrogen (secondary N) is 1. The van der Waals surface area contributed by atoms with Crippen molar-refractivity contribution in [2.75, 3.05) is 26.2 Å². The van der Waals surface area contributed by atoms with Crippen LogP contribution in [0.1, 0.15) is 17.2 Å². The zero-order valence-corrected chi connectivity index (χ0v) is 11.4. The summed E-state index contributed by atoms with van der Waals surface area (Å²) in [6, 6.07) is 3.63. The Balaban J connectivity index is 2.34. The maximum absolute atomic E-state index is 10.2. The first-order valence-electron chi connectivity index (χ1n) is 6.20. The molecule has 18 heavy (non-hydrogen) atoms. The van der Waals surface area contributed by atoms with E-state index in [2.05, 4.69) is 16.8 Å². The smallest absolute Gasteiger partial charge is 0.123 e. The average Bonchev–Trinajstić information content (AvgIpc) is 2.37. The Morgan fingerprint density at radius 2 is 2.11 bits per heavy atom. The molecule has 1 aromatic carbocycles. The fourth-order valence-electron chi connectivity index (χ4n) is 2.42. The molecule has 1 saturated heterocycles. The first-order valence-corrected chi connectivity index (χ1v) is 6.57. The van der Waals surface area contributed by atoms with Crippen LogP contribution in [0.15, 0.2) is 24.8 Å². The van der Waals surface area contributed by atoms with Crippen molar-refractivity contribution in [1.82, 2.24) is 10.2 Å². The molecule has 1 aliphatic heterocycles. The molecule has 4 heteroatoms. The first-order chi connectivity index (χ1) is 8.63. The van der Waals surface area contributed by atoms with E-state index in [4.69, 9.17) is 11.6 Å². The lowest BCUT2D eigenvalue weighted by Gasteiger charge is -2.34. The van der Waals surface area contributed by atoms with Crippen LogP contribution in [-0.2, 0) is 0 Å². The maximum atomic E-state index is 10.2. The molecule has 1 aliphatic rings. The van der Waals surface area contributed by atoms with E-state index < -0.39 is 0 Å². The number of rotatable bonds is 3. The van der Waals surface area contributed by atoms with Crippen molar-refractivity contribution in [1.29, 1.82) is 0 Å². The van der Waals surface area contributed by atoms with Gasteiger partial charge in [0.15, 0.2) is 0 Å².